The van der Waals surface area contributed by atoms with Crippen LogP contribution >= 0.6 is 0 Å². The fourth-order valence-electron chi connectivity index (χ4n) is 2.59. The first kappa shape index (κ1) is 7.60. The molecule has 3 atom stereocenters. The van der Waals surface area contributed by atoms with E-state index in [4.69, 9.17) is 0 Å². The van der Waals surface area contributed by atoms with Crippen LogP contribution in [0.5, 0.6) is 0 Å². The molecule has 1 heterocycles. The molecule has 0 aromatic heterocycles. The van der Waals surface area contributed by atoms with E-state index in [1.54, 1.807) is 0 Å². The summed E-state index contributed by atoms with van der Waals surface area (Å²) in [6.45, 7) is 3.61. The third kappa shape index (κ3) is 1.44. The standard InChI is InChI=1S/C10H19N/c1-2-3-4-8-5-9-7-11-10(9)6-8/h8-11H,2-7H2,1H3. The third-order valence-corrected chi connectivity index (χ3v) is 3.40. The topological polar surface area (TPSA) is 12.0 Å². The maximum atomic E-state index is 3.51. The van der Waals surface area contributed by atoms with E-state index in [9.17, 15) is 0 Å². The number of hydrogen-bond donors (Lipinski definition) is 1. The normalized spacial score (nSPS) is 41.7. The highest BCUT2D eigenvalue weighted by molar-refractivity contribution is 4.96. The molecule has 0 aromatic carbocycles. The lowest BCUT2D eigenvalue weighted by molar-refractivity contribution is 0.274. The highest BCUT2D eigenvalue weighted by Crippen LogP contribution is 2.38. The van der Waals surface area contributed by atoms with Crippen LogP contribution in [0.25, 0.3) is 0 Å². The van der Waals surface area contributed by atoms with Gasteiger partial charge in [-0.05, 0) is 31.2 Å². The maximum absolute atomic E-state index is 3.51. The van der Waals surface area contributed by atoms with E-state index in [0.717, 1.165) is 17.9 Å². The second-order valence-electron chi connectivity index (χ2n) is 4.25. The molecule has 64 valence electrons. The van der Waals surface area contributed by atoms with Crippen LogP contribution in [0.1, 0.15) is 39.0 Å². The molecule has 3 unspecified atom stereocenters. The molecule has 1 nitrogen and oxygen atoms in total. The van der Waals surface area contributed by atoms with Crippen molar-refractivity contribution in [1.29, 1.82) is 0 Å². The summed E-state index contributed by atoms with van der Waals surface area (Å²) in [6, 6.07) is 0.928. The molecule has 1 saturated carbocycles. The zero-order valence-corrected chi connectivity index (χ0v) is 7.47. The van der Waals surface area contributed by atoms with Crippen molar-refractivity contribution in [3.63, 3.8) is 0 Å². The summed E-state index contributed by atoms with van der Waals surface area (Å²) in [5.41, 5.74) is 0. The second-order valence-corrected chi connectivity index (χ2v) is 4.25. The van der Waals surface area contributed by atoms with Crippen LogP contribution < -0.4 is 5.32 Å². The largest absolute Gasteiger partial charge is 0.313 e. The Morgan fingerprint density at radius 2 is 2.27 bits per heavy atom. The summed E-state index contributed by atoms with van der Waals surface area (Å²) < 4.78 is 0. The number of nitrogens with one attached hydrogen (secondary N) is 1. The molecule has 2 fully saturated rings. The summed E-state index contributed by atoms with van der Waals surface area (Å²) in [6.07, 6.45) is 7.32. The average molecular weight is 153 g/mol. The summed E-state index contributed by atoms with van der Waals surface area (Å²) in [5.74, 6) is 2.14. The van der Waals surface area contributed by atoms with Crippen LogP contribution in [0.2, 0.25) is 0 Å². The highest BCUT2D eigenvalue weighted by Gasteiger charge is 2.39. The Kier molecular flexibility index (Phi) is 2.17. The molecule has 0 bridgehead atoms. The van der Waals surface area contributed by atoms with Gasteiger partial charge < -0.3 is 5.32 Å². The molecule has 0 spiro atoms. The monoisotopic (exact) mass is 153 g/mol. The Balaban J connectivity index is 1.71. The van der Waals surface area contributed by atoms with Gasteiger partial charge in [0.2, 0.25) is 0 Å². The van der Waals surface area contributed by atoms with Gasteiger partial charge in [-0.25, -0.2) is 0 Å². The van der Waals surface area contributed by atoms with E-state index < -0.39 is 0 Å². The minimum absolute atomic E-state index is 0.928. The van der Waals surface area contributed by atoms with Gasteiger partial charge in [0.25, 0.3) is 0 Å². The molecule has 11 heavy (non-hydrogen) atoms. The summed E-state index contributed by atoms with van der Waals surface area (Å²) in [5, 5.41) is 3.51. The van der Waals surface area contributed by atoms with E-state index in [-0.39, 0.29) is 0 Å². The SMILES string of the molecule is CCCCC1CC2CNC2C1. The lowest BCUT2D eigenvalue weighted by Crippen LogP contribution is -2.49. The molecule has 1 heteroatoms. The number of rotatable bonds is 3. The fraction of sp³-hybridized carbons (Fsp3) is 1.00. The fourth-order valence-corrected chi connectivity index (χ4v) is 2.59. The van der Waals surface area contributed by atoms with E-state index >= 15 is 0 Å². The van der Waals surface area contributed by atoms with Crippen molar-refractivity contribution >= 4 is 0 Å². The lowest BCUT2D eigenvalue weighted by Gasteiger charge is -2.31. The second kappa shape index (κ2) is 3.14. The van der Waals surface area contributed by atoms with Crippen molar-refractivity contribution in [3.8, 4) is 0 Å². The number of hydrogen-bond acceptors (Lipinski definition) is 1. The predicted molar refractivity (Wildman–Crippen MR) is 47.5 cm³/mol. The van der Waals surface area contributed by atoms with E-state index in [1.165, 1.54) is 38.6 Å². The minimum Gasteiger partial charge on any atom is -0.313 e. The Labute approximate surface area is 69.6 Å². The Hall–Kier alpha value is -0.0400. The van der Waals surface area contributed by atoms with Gasteiger partial charge >= 0.3 is 0 Å². The van der Waals surface area contributed by atoms with Crippen molar-refractivity contribution < 1.29 is 0 Å². The molecular formula is C10H19N. The summed E-state index contributed by atoms with van der Waals surface area (Å²) in [4.78, 5) is 0. The molecular weight excluding hydrogens is 134 g/mol. The van der Waals surface area contributed by atoms with E-state index in [0.29, 0.717) is 0 Å². The van der Waals surface area contributed by atoms with Crippen LogP contribution in [-0.2, 0) is 0 Å². The van der Waals surface area contributed by atoms with Crippen LogP contribution in [-0.4, -0.2) is 12.6 Å². The molecule has 2 aliphatic rings. The number of unbranched alkanes of at least 4 members (excludes halogenated alkanes) is 1. The number of fused-ring (bicyclic) bond motifs is 1. The van der Waals surface area contributed by atoms with Crippen LogP contribution in [0.15, 0.2) is 0 Å². The Bertz CT molecular complexity index is 121. The predicted octanol–water partition coefficient (Wildman–Crippen LogP) is 2.17. The summed E-state index contributed by atoms with van der Waals surface area (Å²) in [7, 11) is 0. The van der Waals surface area contributed by atoms with Gasteiger partial charge in [-0.15, -0.1) is 0 Å². The molecule has 0 amide bonds. The quantitative estimate of drug-likeness (QED) is 0.655. The Morgan fingerprint density at radius 3 is 2.73 bits per heavy atom. The third-order valence-electron chi connectivity index (χ3n) is 3.40. The van der Waals surface area contributed by atoms with Crippen molar-refractivity contribution in [2.75, 3.05) is 6.54 Å². The van der Waals surface area contributed by atoms with Gasteiger partial charge in [-0.2, -0.15) is 0 Å². The van der Waals surface area contributed by atoms with Gasteiger partial charge in [0, 0.05) is 6.04 Å². The molecule has 1 N–H and O–H groups in total. The first-order chi connectivity index (χ1) is 5.40. The van der Waals surface area contributed by atoms with Crippen molar-refractivity contribution in [2.24, 2.45) is 11.8 Å². The van der Waals surface area contributed by atoms with Crippen molar-refractivity contribution in [1.82, 2.24) is 5.32 Å². The van der Waals surface area contributed by atoms with Gasteiger partial charge in [-0.3, -0.25) is 0 Å². The minimum atomic E-state index is 0.928. The lowest BCUT2D eigenvalue weighted by atomic mass is 9.95. The molecule has 1 saturated heterocycles. The highest BCUT2D eigenvalue weighted by atomic mass is 15.0. The van der Waals surface area contributed by atoms with Gasteiger partial charge in [0.15, 0.2) is 0 Å². The molecule has 0 aromatic rings. The molecule has 1 aliphatic heterocycles. The first-order valence-corrected chi connectivity index (χ1v) is 5.13. The van der Waals surface area contributed by atoms with Crippen LogP contribution in [0, 0.1) is 11.8 Å². The zero-order valence-electron chi connectivity index (χ0n) is 7.47. The van der Waals surface area contributed by atoms with Crippen LogP contribution in [0.3, 0.4) is 0 Å². The van der Waals surface area contributed by atoms with Crippen molar-refractivity contribution in [2.45, 2.75) is 45.1 Å². The molecule has 1 aliphatic carbocycles. The van der Waals surface area contributed by atoms with Gasteiger partial charge in [0.05, 0.1) is 0 Å². The average Bonchev–Trinajstić information content (AvgIpc) is 2.25. The zero-order chi connectivity index (χ0) is 7.68. The van der Waals surface area contributed by atoms with Gasteiger partial charge in [-0.1, -0.05) is 26.2 Å². The first-order valence-electron chi connectivity index (χ1n) is 5.13. The van der Waals surface area contributed by atoms with E-state index in [2.05, 4.69) is 12.2 Å². The summed E-state index contributed by atoms with van der Waals surface area (Å²) >= 11 is 0. The maximum Gasteiger partial charge on any atom is 0.0110 e. The van der Waals surface area contributed by atoms with Crippen LogP contribution in [0.4, 0.5) is 0 Å². The van der Waals surface area contributed by atoms with Gasteiger partial charge in [0.1, 0.15) is 0 Å². The smallest absolute Gasteiger partial charge is 0.0110 e. The Morgan fingerprint density at radius 1 is 1.36 bits per heavy atom. The van der Waals surface area contributed by atoms with E-state index in [1.807, 2.05) is 0 Å². The molecule has 0 radical (unpaired) electrons. The molecule has 2 rings (SSSR count). The van der Waals surface area contributed by atoms with Crippen molar-refractivity contribution in [3.05, 3.63) is 0 Å².